The van der Waals surface area contributed by atoms with Crippen molar-refractivity contribution in [3.8, 4) is 6.07 Å². The van der Waals surface area contributed by atoms with Gasteiger partial charge in [-0.1, -0.05) is 16.8 Å². The van der Waals surface area contributed by atoms with Crippen LogP contribution in [-0.4, -0.2) is 44.4 Å². The first kappa shape index (κ1) is 23.6. The van der Waals surface area contributed by atoms with Crippen LogP contribution in [0.25, 0.3) is 0 Å². The molecule has 0 bridgehead atoms. The number of carbonyl (C=O) groups is 2. The first-order valence-electron chi connectivity index (χ1n) is 12.2. The van der Waals surface area contributed by atoms with Crippen LogP contribution in [0.15, 0.2) is 36.7 Å². The lowest BCUT2D eigenvalue weighted by Crippen LogP contribution is -2.43. The maximum Gasteiger partial charge on any atom is 0.273 e. The number of hydrogen-bond donors (Lipinski definition) is 1. The van der Waals surface area contributed by atoms with Gasteiger partial charge >= 0.3 is 0 Å². The number of hydrogen-bond acceptors (Lipinski definition) is 6. The van der Waals surface area contributed by atoms with E-state index in [1.165, 1.54) is 28.0 Å². The van der Waals surface area contributed by atoms with Crippen LogP contribution in [0.4, 0.5) is 10.2 Å². The number of pyridine rings is 1. The van der Waals surface area contributed by atoms with Gasteiger partial charge in [0.25, 0.3) is 5.91 Å². The van der Waals surface area contributed by atoms with E-state index in [4.69, 9.17) is 11.6 Å². The van der Waals surface area contributed by atoms with Gasteiger partial charge in [0.2, 0.25) is 5.91 Å². The molecule has 3 atom stereocenters. The Hall–Kier alpha value is -3.84. The number of piperidine rings is 1. The van der Waals surface area contributed by atoms with E-state index in [1.54, 1.807) is 19.1 Å². The van der Waals surface area contributed by atoms with Gasteiger partial charge in [0.15, 0.2) is 17.3 Å². The van der Waals surface area contributed by atoms with E-state index >= 15 is 0 Å². The van der Waals surface area contributed by atoms with E-state index in [1.807, 2.05) is 6.07 Å². The van der Waals surface area contributed by atoms with Gasteiger partial charge in [0, 0.05) is 29.7 Å². The number of fused-ring (bicyclic) bond motifs is 1. The Labute approximate surface area is 217 Å². The highest BCUT2D eigenvalue weighted by Crippen LogP contribution is 2.47. The van der Waals surface area contributed by atoms with Gasteiger partial charge in [-0.3, -0.25) is 14.5 Å². The predicted octanol–water partition coefficient (Wildman–Crippen LogP) is 3.61. The van der Waals surface area contributed by atoms with Crippen molar-refractivity contribution in [2.75, 3.05) is 11.4 Å². The molecule has 0 radical (unpaired) electrons. The molecule has 0 spiro atoms. The molecule has 2 amide bonds. The van der Waals surface area contributed by atoms with Gasteiger partial charge in [-0.05, 0) is 73.4 Å². The monoisotopic (exact) mass is 519 g/mol. The first-order chi connectivity index (χ1) is 17.8. The third-order valence-electron chi connectivity index (χ3n) is 7.69. The standard InChI is InChI=1S/C26H23ClFN7O2/c1-13(16-7-22(28)24(30-10-16)34-11-17-6-21(17)26(34)37)35-12-23(32-33-35)25(36)31-19-4-15(5-19)20-8-18(27)3-2-14(20)9-29/h2-3,7-8,10,12-13,15,17,19,21H,4-6,11H2,1H3,(H,31,36)/t13?,15-,17-,19+,21-/m1/s1. The van der Waals surface area contributed by atoms with E-state index < -0.39 is 11.9 Å². The third kappa shape index (κ3) is 4.23. The molecule has 2 aliphatic carbocycles. The normalized spacial score (nSPS) is 24.7. The Bertz CT molecular complexity index is 1460. The molecule has 6 rings (SSSR count). The van der Waals surface area contributed by atoms with Crippen LogP contribution in [-0.2, 0) is 4.79 Å². The number of carbonyl (C=O) groups excluding carboxylic acids is 2. The summed E-state index contributed by atoms with van der Waals surface area (Å²) in [5, 5.41) is 20.9. The van der Waals surface area contributed by atoms with Gasteiger partial charge in [0.05, 0.1) is 23.9 Å². The van der Waals surface area contributed by atoms with Crippen molar-refractivity contribution in [3.05, 3.63) is 69.9 Å². The predicted molar refractivity (Wildman–Crippen MR) is 131 cm³/mol. The number of amides is 2. The van der Waals surface area contributed by atoms with Crippen LogP contribution < -0.4 is 10.2 Å². The molecule has 1 N–H and O–H groups in total. The Morgan fingerprint density at radius 3 is 2.81 bits per heavy atom. The van der Waals surface area contributed by atoms with Crippen molar-refractivity contribution in [1.82, 2.24) is 25.3 Å². The van der Waals surface area contributed by atoms with Crippen molar-refractivity contribution in [3.63, 3.8) is 0 Å². The average Bonchev–Trinajstić information content (AvgIpc) is 3.32. The fraction of sp³-hybridized carbons (Fsp3) is 0.385. The highest BCUT2D eigenvalue weighted by atomic mass is 35.5. The maximum atomic E-state index is 14.8. The largest absolute Gasteiger partial charge is 0.348 e. The summed E-state index contributed by atoms with van der Waals surface area (Å²) in [4.78, 5) is 30.7. The zero-order valence-electron chi connectivity index (χ0n) is 19.9. The fourth-order valence-corrected chi connectivity index (χ4v) is 5.47. The highest BCUT2D eigenvalue weighted by Gasteiger charge is 2.53. The van der Waals surface area contributed by atoms with E-state index in [-0.39, 0.29) is 41.2 Å². The molecular formula is C26H23ClFN7O2. The van der Waals surface area contributed by atoms with Gasteiger partial charge in [0.1, 0.15) is 0 Å². The number of nitriles is 1. The van der Waals surface area contributed by atoms with Crippen molar-refractivity contribution in [2.24, 2.45) is 11.8 Å². The quantitative estimate of drug-likeness (QED) is 0.532. The summed E-state index contributed by atoms with van der Waals surface area (Å²) >= 11 is 6.09. The zero-order chi connectivity index (χ0) is 25.8. The number of benzene rings is 1. The lowest BCUT2D eigenvalue weighted by Gasteiger charge is -2.36. The lowest BCUT2D eigenvalue weighted by atomic mass is 9.74. The fourth-order valence-electron chi connectivity index (χ4n) is 5.28. The van der Waals surface area contributed by atoms with Crippen LogP contribution >= 0.6 is 11.6 Å². The average molecular weight is 520 g/mol. The second kappa shape index (κ2) is 8.92. The minimum atomic E-state index is -0.559. The maximum absolute atomic E-state index is 14.8. The number of nitrogens with zero attached hydrogens (tertiary/aromatic N) is 6. The minimum Gasteiger partial charge on any atom is -0.348 e. The molecule has 2 aromatic heterocycles. The Morgan fingerprint density at radius 1 is 1.30 bits per heavy atom. The molecule has 3 aromatic rings. The molecule has 3 fully saturated rings. The van der Waals surface area contributed by atoms with E-state index in [0.717, 1.165) is 12.0 Å². The van der Waals surface area contributed by atoms with E-state index in [2.05, 4.69) is 26.7 Å². The molecule has 188 valence electrons. The molecule has 3 heterocycles. The number of rotatable bonds is 6. The van der Waals surface area contributed by atoms with Crippen LogP contribution in [0.3, 0.4) is 0 Å². The summed E-state index contributed by atoms with van der Waals surface area (Å²) in [6.07, 6.45) is 5.33. The number of nitrogens with one attached hydrogen (secondary N) is 1. The van der Waals surface area contributed by atoms with Crippen LogP contribution in [0.1, 0.15) is 65.3 Å². The van der Waals surface area contributed by atoms with Gasteiger partial charge < -0.3 is 5.32 Å². The summed E-state index contributed by atoms with van der Waals surface area (Å²) in [7, 11) is 0. The summed E-state index contributed by atoms with van der Waals surface area (Å²) in [6, 6.07) is 8.30. The van der Waals surface area contributed by atoms with E-state index in [0.29, 0.717) is 41.5 Å². The SMILES string of the molecule is CC(c1cnc(N2C[C@H]3C[C@H]3C2=O)c(F)c1)n1cc(C(=O)N[C@H]2C[C@@H](c3cc(Cl)ccc3C#N)C2)nn1. The van der Waals surface area contributed by atoms with Gasteiger partial charge in [-0.15, -0.1) is 5.10 Å². The molecular weight excluding hydrogens is 497 g/mol. The Balaban J connectivity index is 1.08. The summed E-state index contributed by atoms with van der Waals surface area (Å²) in [5.41, 5.74) is 2.20. The zero-order valence-corrected chi connectivity index (χ0v) is 20.7. The second-order valence-corrected chi connectivity index (χ2v) is 10.5. The summed E-state index contributed by atoms with van der Waals surface area (Å²) < 4.78 is 16.3. The van der Waals surface area contributed by atoms with Crippen molar-refractivity contribution < 1.29 is 14.0 Å². The Morgan fingerprint density at radius 2 is 2.11 bits per heavy atom. The van der Waals surface area contributed by atoms with E-state index in [9.17, 15) is 19.2 Å². The van der Waals surface area contributed by atoms with Crippen LogP contribution in [0, 0.1) is 29.0 Å². The minimum absolute atomic E-state index is 0.0252. The molecule has 1 saturated heterocycles. The summed E-state index contributed by atoms with van der Waals surface area (Å²) in [5.74, 6) is -0.399. The van der Waals surface area contributed by atoms with Gasteiger partial charge in [-0.25, -0.2) is 14.1 Å². The molecule has 1 aromatic carbocycles. The summed E-state index contributed by atoms with van der Waals surface area (Å²) in [6.45, 7) is 2.32. The smallest absolute Gasteiger partial charge is 0.273 e. The third-order valence-corrected chi connectivity index (χ3v) is 7.93. The molecule has 9 nitrogen and oxygen atoms in total. The van der Waals surface area contributed by atoms with Crippen molar-refractivity contribution in [1.29, 1.82) is 5.26 Å². The van der Waals surface area contributed by atoms with Crippen molar-refractivity contribution >= 4 is 29.2 Å². The molecule has 1 aliphatic heterocycles. The highest BCUT2D eigenvalue weighted by molar-refractivity contribution is 6.30. The molecule has 2 saturated carbocycles. The van der Waals surface area contributed by atoms with Gasteiger partial charge in [-0.2, -0.15) is 5.26 Å². The van der Waals surface area contributed by atoms with Crippen LogP contribution in [0.5, 0.6) is 0 Å². The van der Waals surface area contributed by atoms with Crippen molar-refractivity contribution in [2.45, 2.75) is 44.2 Å². The van der Waals surface area contributed by atoms with Crippen LogP contribution in [0.2, 0.25) is 5.02 Å². The molecule has 3 aliphatic rings. The molecule has 37 heavy (non-hydrogen) atoms. The topological polar surface area (TPSA) is 117 Å². The number of aromatic nitrogens is 4. The number of halogens is 2. The second-order valence-electron chi connectivity index (χ2n) is 10.1. The lowest BCUT2D eigenvalue weighted by molar-refractivity contribution is -0.118. The Kier molecular flexibility index (Phi) is 5.68. The molecule has 11 heteroatoms. The first-order valence-corrected chi connectivity index (χ1v) is 12.6. The molecule has 1 unspecified atom stereocenters. The number of anilines is 1.